The van der Waals surface area contributed by atoms with E-state index in [4.69, 9.17) is 0 Å². The van der Waals surface area contributed by atoms with Crippen LogP contribution in [0.4, 0.5) is 22.7 Å². The molecule has 0 aliphatic rings. The predicted octanol–water partition coefficient (Wildman–Crippen LogP) is 6.44. The summed E-state index contributed by atoms with van der Waals surface area (Å²) >= 11 is 1.01. The number of anilines is 1. The van der Waals surface area contributed by atoms with Gasteiger partial charge in [0, 0.05) is 5.56 Å². The molecule has 9 heteroatoms. The lowest BCUT2D eigenvalue weighted by atomic mass is 10.1. The van der Waals surface area contributed by atoms with E-state index >= 15 is 0 Å². The van der Waals surface area contributed by atoms with Gasteiger partial charge in [-0.3, -0.25) is 4.79 Å². The minimum atomic E-state index is -4.60. The average Bonchev–Trinajstić information content (AvgIpc) is 3.17. The van der Waals surface area contributed by atoms with Crippen molar-refractivity contribution >= 4 is 38.8 Å². The van der Waals surface area contributed by atoms with Crippen LogP contribution in [0.15, 0.2) is 71.8 Å². The molecule has 162 valence electrons. The van der Waals surface area contributed by atoms with E-state index in [1.165, 1.54) is 30.5 Å². The number of amides is 1. The van der Waals surface area contributed by atoms with Crippen LogP contribution >= 0.6 is 11.3 Å². The summed E-state index contributed by atoms with van der Waals surface area (Å²) in [4.78, 5) is 17.5. The van der Waals surface area contributed by atoms with E-state index in [0.29, 0.717) is 15.8 Å². The zero-order valence-corrected chi connectivity index (χ0v) is 17.4. The molecule has 0 unspecified atom stereocenters. The lowest BCUT2D eigenvalue weighted by molar-refractivity contribution is -0.137. The maximum Gasteiger partial charge on any atom is 0.416 e. The SMILES string of the molecule is Cc1ccc(/C=N/N(C(=O)c2cccc(C(F)(F)F)c2)c2nc3ccc(F)cc3s2)cc1. The third-order valence-electron chi connectivity index (χ3n) is 4.55. The molecule has 4 rings (SSSR count). The molecule has 3 aromatic carbocycles. The van der Waals surface area contributed by atoms with Gasteiger partial charge in [-0.1, -0.05) is 47.2 Å². The number of hydrogen-bond donors (Lipinski definition) is 0. The van der Waals surface area contributed by atoms with Crippen LogP contribution in [-0.2, 0) is 6.18 Å². The van der Waals surface area contributed by atoms with Gasteiger partial charge in [-0.2, -0.15) is 23.3 Å². The maximum atomic E-state index is 13.6. The van der Waals surface area contributed by atoms with Crippen LogP contribution in [0.2, 0.25) is 0 Å². The number of nitrogens with zero attached hydrogens (tertiary/aromatic N) is 3. The molecular weight excluding hydrogens is 442 g/mol. The second-order valence-electron chi connectivity index (χ2n) is 6.96. The molecule has 0 atom stereocenters. The Morgan fingerprint density at radius 1 is 1.06 bits per heavy atom. The number of rotatable bonds is 4. The lowest BCUT2D eigenvalue weighted by Gasteiger charge is -2.15. The Bertz CT molecular complexity index is 1310. The highest BCUT2D eigenvalue weighted by molar-refractivity contribution is 7.22. The molecular formula is C23H15F4N3OS. The standard InChI is InChI=1S/C23H15F4N3OS/c1-14-5-7-15(8-6-14)13-28-30(22-29-19-10-9-18(24)12-20(19)32-22)21(31)16-3-2-4-17(11-16)23(25,26)27/h2-13H,1H3/b28-13+. The van der Waals surface area contributed by atoms with Crippen molar-refractivity contribution in [2.24, 2.45) is 5.10 Å². The van der Waals surface area contributed by atoms with Gasteiger partial charge >= 0.3 is 6.18 Å². The molecule has 0 radical (unpaired) electrons. The Balaban J connectivity index is 1.77. The topological polar surface area (TPSA) is 45.6 Å². The molecule has 0 N–H and O–H groups in total. The van der Waals surface area contributed by atoms with Gasteiger partial charge in [0.15, 0.2) is 0 Å². The number of thiazole rings is 1. The van der Waals surface area contributed by atoms with Gasteiger partial charge in [0.1, 0.15) is 5.82 Å². The minimum absolute atomic E-state index is 0.108. The van der Waals surface area contributed by atoms with Crippen LogP contribution in [0.3, 0.4) is 0 Å². The Morgan fingerprint density at radius 2 is 1.81 bits per heavy atom. The molecule has 32 heavy (non-hydrogen) atoms. The van der Waals surface area contributed by atoms with Crippen molar-refractivity contribution in [2.45, 2.75) is 13.1 Å². The van der Waals surface area contributed by atoms with E-state index in [9.17, 15) is 22.4 Å². The molecule has 1 amide bonds. The summed E-state index contributed by atoms with van der Waals surface area (Å²) in [6, 6.07) is 15.4. The number of carbonyl (C=O) groups is 1. The summed E-state index contributed by atoms with van der Waals surface area (Å²) < 4.78 is 53.5. The fraction of sp³-hybridized carbons (Fsp3) is 0.0870. The summed E-state index contributed by atoms with van der Waals surface area (Å²) in [5.41, 5.74) is 1.01. The molecule has 1 heterocycles. The molecule has 4 aromatic rings. The Kier molecular flexibility index (Phi) is 5.75. The number of aromatic nitrogens is 1. The summed E-state index contributed by atoms with van der Waals surface area (Å²) in [6.07, 6.45) is -3.18. The largest absolute Gasteiger partial charge is 0.416 e. The highest BCUT2D eigenvalue weighted by Crippen LogP contribution is 2.32. The summed E-state index contributed by atoms with van der Waals surface area (Å²) in [5.74, 6) is -1.26. The van der Waals surface area contributed by atoms with E-state index in [2.05, 4.69) is 10.1 Å². The molecule has 0 aliphatic heterocycles. The van der Waals surface area contributed by atoms with Gasteiger partial charge in [-0.05, 0) is 48.9 Å². The summed E-state index contributed by atoms with van der Waals surface area (Å²) in [5, 5.41) is 5.25. The van der Waals surface area contributed by atoms with Gasteiger partial charge in [0.25, 0.3) is 5.91 Å². The molecule has 1 aromatic heterocycles. The number of carbonyl (C=O) groups excluding carboxylic acids is 1. The fourth-order valence-corrected chi connectivity index (χ4v) is 3.84. The van der Waals surface area contributed by atoms with Crippen molar-refractivity contribution in [1.82, 2.24) is 4.98 Å². The molecule has 0 bridgehead atoms. The first-order valence-corrected chi connectivity index (χ1v) is 10.2. The number of fused-ring (bicyclic) bond motifs is 1. The molecule has 0 saturated carbocycles. The first-order valence-electron chi connectivity index (χ1n) is 9.39. The van der Waals surface area contributed by atoms with Crippen molar-refractivity contribution in [3.05, 3.63) is 94.8 Å². The lowest BCUT2D eigenvalue weighted by Crippen LogP contribution is -2.26. The minimum Gasteiger partial charge on any atom is -0.267 e. The molecule has 0 fully saturated rings. The van der Waals surface area contributed by atoms with Crippen LogP contribution in [0.5, 0.6) is 0 Å². The van der Waals surface area contributed by atoms with Crippen molar-refractivity contribution in [1.29, 1.82) is 0 Å². The zero-order chi connectivity index (χ0) is 22.9. The van der Waals surface area contributed by atoms with Crippen LogP contribution in [-0.4, -0.2) is 17.1 Å². The number of benzene rings is 3. The Morgan fingerprint density at radius 3 is 2.53 bits per heavy atom. The monoisotopic (exact) mass is 457 g/mol. The average molecular weight is 457 g/mol. The first kappa shape index (κ1) is 21.6. The number of aryl methyl sites for hydroxylation is 1. The van der Waals surface area contributed by atoms with Gasteiger partial charge < -0.3 is 0 Å². The second kappa shape index (κ2) is 8.51. The number of hydrogen-bond acceptors (Lipinski definition) is 4. The molecule has 0 saturated heterocycles. The normalized spacial score (nSPS) is 11.9. The number of halogens is 4. The Labute approximate surface area is 184 Å². The zero-order valence-electron chi connectivity index (χ0n) is 16.6. The van der Waals surface area contributed by atoms with E-state index in [0.717, 1.165) is 40.1 Å². The number of hydrazone groups is 1. The van der Waals surface area contributed by atoms with Crippen LogP contribution in [0.25, 0.3) is 10.2 Å². The predicted molar refractivity (Wildman–Crippen MR) is 117 cm³/mol. The van der Waals surface area contributed by atoms with Crippen LogP contribution < -0.4 is 5.01 Å². The van der Waals surface area contributed by atoms with Gasteiger partial charge in [-0.25, -0.2) is 9.37 Å². The highest BCUT2D eigenvalue weighted by atomic mass is 32.1. The maximum absolute atomic E-state index is 13.6. The van der Waals surface area contributed by atoms with Gasteiger partial charge in [0.2, 0.25) is 5.13 Å². The second-order valence-corrected chi connectivity index (χ2v) is 7.97. The van der Waals surface area contributed by atoms with Gasteiger partial charge in [-0.15, -0.1) is 0 Å². The quantitative estimate of drug-likeness (QED) is 0.201. The van der Waals surface area contributed by atoms with Crippen LogP contribution in [0, 0.1) is 12.7 Å². The molecule has 0 aliphatic carbocycles. The first-order chi connectivity index (χ1) is 15.2. The van der Waals surface area contributed by atoms with E-state index < -0.39 is 23.5 Å². The smallest absolute Gasteiger partial charge is 0.267 e. The van der Waals surface area contributed by atoms with E-state index in [-0.39, 0.29) is 10.7 Å². The summed E-state index contributed by atoms with van der Waals surface area (Å²) in [7, 11) is 0. The molecule has 0 spiro atoms. The van der Waals surface area contributed by atoms with Crippen LogP contribution in [0.1, 0.15) is 27.0 Å². The highest BCUT2D eigenvalue weighted by Gasteiger charge is 2.32. The molecule has 4 nitrogen and oxygen atoms in total. The van der Waals surface area contributed by atoms with Crippen molar-refractivity contribution in [2.75, 3.05) is 5.01 Å². The number of alkyl halides is 3. The van der Waals surface area contributed by atoms with E-state index in [1.54, 1.807) is 12.1 Å². The van der Waals surface area contributed by atoms with Crippen molar-refractivity contribution < 1.29 is 22.4 Å². The Hall–Kier alpha value is -3.59. The summed E-state index contributed by atoms with van der Waals surface area (Å²) in [6.45, 7) is 1.92. The van der Waals surface area contributed by atoms with Crippen molar-refractivity contribution in [3.63, 3.8) is 0 Å². The van der Waals surface area contributed by atoms with Gasteiger partial charge in [0.05, 0.1) is 22.0 Å². The third-order valence-corrected chi connectivity index (χ3v) is 5.54. The fourth-order valence-electron chi connectivity index (χ4n) is 2.89. The third kappa shape index (κ3) is 4.67. The van der Waals surface area contributed by atoms with E-state index in [1.807, 2.05) is 19.1 Å². The van der Waals surface area contributed by atoms with Crippen molar-refractivity contribution in [3.8, 4) is 0 Å².